The van der Waals surface area contributed by atoms with Crippen LogP contribution in [0.3, 0.4) is 0 Å². The van der Waals surface area contributed by atoms with Gasteiger partial charge in [0.1, 0.15) is 10.6 Å². The van der Waals surface area contributed by atoms with Crippen LogP contribution < -0.4 is 9.04 Å². The third kappa shape index (κ3) is 3.13. The van der Waals surface area contributed by atoms with Gasteiger partial charge in [0.2, 0.25) is 5.78 Å². The summed E-state index contributed by atoms with van der Waals surface area (Å²) >= 11 is 2.52. The summed E-state index contributed by atoms with van der Waals surface area (Å²) in [5, 5.41) is 0.884. The molecular formula is C19H15NO4S3. The van der Waals surface area contributed by atoms with Crippen molar-refractivity contribution < 1.29 is 17.9 Å². The van der Waals surface area contributed by atoms with Crippen molar-refractivity contribution in [3.63, 3.8) is 0 Å². The van der Waals surface area contributed by atoms with Gasteiger partial charge in [-0.3, -0.25) is 4.79 Å². The maximum absolute atomic E-state index is 13.4. The molecular weight excluding hydrogens is 402 g/mol. The maximum Gasteiger partial charge on any atom is 0.266 e. The number of ether oxygens (including phenoxy) is 1. The SMILES string of the molecule is COc1ccc2c(c1)SC(C(=O)c1cccs1)N(c1ccccc1)S2(=O)=O. The molecule has 0 amide bonds. The molecule has 0 aliphatic carbocycles. The molecule has 0 radical (unpaired) electrons. The molecule has 1 atom stereocenters. The van der Waals surface area contributed by atoms with Crippen LogP contribution in [0, 0.1) is 0 Å². The fourth-order valence-corrected chi connectivity index (χ4v) is 7.14. The average Bonchev–Trinajstić information content (AvgIpc) is 3.22. The number of thiophene rings is 1. The molecule has 5 nitrogen and oxygen atoms in total. The number of carbonyl (C=O) groups is 1. The highest BCUT2D eigenvalue weighted by molar-refractivity contribution is 8.04. The number of ketones is 1. The molecule has 2 heterocycles. The number of hydrogen-bond acceptors (Lipinski definition) is 6. The van der Waals surface area contributed by atoms with Gasteiger partial charge in [-0.2, -0.15) is 0 Å². The Morgan fingerprint density at radius 2 is 1.85 bits per heavy atom. The summed E-state index contributed by atoms with van der Waals surface area (Å²) in [4.78, 5) is 14.4. The summed E-state index contributed by atoms with van der Waals surface area (Å²) in [6.07, 6.45) is 0. The number of Topliss-reactive ketones (excluding diaryl/α,β-unsaturated/α-hetero) is 1. The molecule has 0 fully saturated rings. The van der Waals surface area contributed by atoms with E-state index in [9.17, 15) is 13.2 Å². The van der Waals surface area contributed by atoms with Crippen LogP contribution in [0.5, 0.6) is 5.75 Å². The minimum absolute atomic E-state index is 0.174. The molecule has 3 aromatic rings. The van der Waals surface area contributed by atoms with Gasteiger partial charge in [0.15, 0.2) is 5.37 Å². The molecule has 1 aromatic heterocycles. The van der Waals surface area contributed by atoms with E-state index in [-0.39, 0.29) is 10.7 Å². The number of hydrogen-bond donors (Lipinski definition) is 0. The van der Waals surface area contributed by atoms with E-state index in [1.165, 1.54) is 40.6 Å². The van der Waals surface area contributed by atoms with Gasteiger partial charge in [0, 0.05) is 4.90 Å². The van der Waals surface area contributed by atoms with E-state index >= 15 is 0 Å². The number of thioether (sulfide) groups is 1. The van der Waals surface area contributed by atoms with Gasteiger partial charge in [-0.05, 0) is 41.8 Å². The maximum atomic E-state index is 13.4. The molecule has 1 aliphatic heterocycles. The molecule has 1 aliphatic rings. The highest BCUT2D eigenvalue weighted by Gasteiger charge is 2.43. The van der Waals surface area contributed by atoms with Crippen LogP contribution in [0.4, 0.5) is 5.69 Å². The second-order valence-electron chi connectivity index (χ2n) is 5.76. The standard InChI is InChI=1S/C19H15NO4S3/c1-24-14-9-10-17-16(12-14)26-19(18(21)15-8-5-11-25-15)20(27(17,22)23)13-6-3-2-4-7-13/h2-12,19H,1H3. The van der Waals surface area contributed by atoms with E-state index < -0.39 is 15.4 Å². The van der Waals surface area contributed by atoms with E-state index in [2.05, 4.69) is 0 Å². The molecule has 138 valence electrons. The van der Waals surface area contributed by atoms with Crippen LogP contribution in [-0.2, 0) is 10.0 Å². The van der Waals surface area contributed by atoms with E-state index in [1.54, 1.807) is 53.9 Å². The molecule has 0 saturated carbocycles. The number of carbonyl (C=O) groups excluding carboxylic acids is 1. The fourth-order valence-electron chi connectivity index (χ4n) is 2.87. The van der Waals surface area contributed by atoms with Crippen molar-refractivity contribution in [2.75, 3.05) is 11.4 Å². The van der Waals surface area contributed by atoms with E-state index in [4.69, 9.17) is 4.74 Å². The number of anilines is 1. The first kappa shape index (κ1) is 18.1. The Balaban J connectivity index is 1.90. The normalized spacial score (nSPS) is 18.0. The van der Waals surface area contributed by atoms with Gasteiger partial charge >= 0.3 is 0 Å². The van der Waals surface area contributed by atoms with Crippen molar-refractivity contribution in [3.8, 4) is 5.75 Å². The Bertz CT molecular complexity index is 1080. The van der Waals surface area contributed by atoms with Crippen LogP contribution >= 0.6 is 23.1 Å². The minimum Gasteiger partial charge on any atom is -0.497 e. The number of sulfonamides is 1. The van der Waals surface area contributed by atoms with Crippen LogP contribution in [0.2, 0.25) is 0 Å². The topological polar surface area (TPSA) is 63.7 Å². The quantitative estimate of drug-likeness (QED) is 0.594. The van der Waals surface area contributed by atoms with E-state index in [0.29, 0.717) is 21.2 Å². The Hall–Kier alpha value is -2.29. The first-order chi connectivity index (χ1) is 13.0. The summed E-state index contributed by atoms with van der Waals surface area (Å²) in [5.74, 6) is 0.308. The first-order valence-corrected chi connectivity index (χ1v) is 11.2. The van der Waals surface area contributed by atoms with Crippen LogP contribution in [0.15, 0.2) is 75.8 Å². The summed E-state index contributed by atoms with van der Waals surface area (Å²) in [5.41, 5.74) is 0.460. The largest absolute Gasteiger partial charge is 0.497 e. The summed E-state index contributed by atoms with van der Waals surface area (Å²) in [6, 6.07) is 17.0. The Morgan fingerprint density at radius 3 is 2.52 bits per heavy atom. The van der Waals surface area contributed by atoms with Crippen molar-refractivity contribution >= 4 is 44.6 Å². The number of nitrogens with zero attached hydrogens (tertiary/aromatic N) is 1. The molecule has 0 spiro atoms. The molecule has 2 aromatic carbocycles. The predicted molar refractivity (Wildman–Crippen MR) is 107 cm³/mol. The molecule has 27 heavy (non-hydrogen) atoms. The number of para-hydroxylation sites is 1. The first-order valence-electron chi connectivity index (χ1n) is 8.04. The lowest BCUT2D eigenvalue weighted by molar-refractivity contribution is 0.0995. The van der Waals surface area contributed by atoms with E-state index in [1.807, 2.05) is 6.07 Å². The van der Waals surface area contributed by atoms with Gasteiger partial charge in [-0.15, -0.1) is 11.3 Å². The van der Waals surface area contributed by atoms with Crippen molar-refractivity contribution in [2.24, 2.45) is 0 Å². The average molecular weight is 418 g/mol. The Morgan fingerprint density at radius 1 is 1.07 bits per heavy atom. The molecule has 0 N–H and O–H groups in total. The smallest absolute Gasteiger partial charge is 0.266 e. The zero-order valence-electron chi connectivity index (χ0n) is 14.2. The Kier molecular flexibility index (Phi) is 4.71. The van der Waals surface area contributed by atoms with Crippen molar-refractivity contribution in [1.29, 1.82) is 0 Å². The van der Waals surface area contributed by atoms with Gasteiger partial charge in [-0.25, -0.2) is 12.7 Å². The van der Waals surface area contributed by atoms with Crippen LogP contribution in [0.1, 0.15) is 9.67 Å². The van der Waals surface area contributed by atoms with Crippen LogP contribution in [-0.4, -0.2) is 26.7 Å². The monoisotopic (exact) mass is 417 g/mol. The number of rotatable bonds is 4. The highest BCUT2D eigenvalue weighted by Crippen LogP contribution is 2.45. The van der Waals surface area contributed by atoms with Crippen molar-refractivity contribution in [2.45, 2.75) is 15.2 Å². The van der Waals surface area contributed by atoms with Gasteiger partial charge in [-0.1, -0.05) is 36.0 Å². The molecule has 0 saturated heterocycles. The lowest BCUT2D eigenvalue weighted by Crippen LogP contribution is -2.45. The van der Waals surface area contributed by atoms with Gasteiger partial charge in [0.05, 0.1) is 17.7 Å². The Labute approximate surface area is 165 Å². The molecule has 1 unspecified atom stereocenters. The van der Waals surface area contributed by atoms with Gasteiger partial charge in [0.25, 0.3) is 10.0 Å². The zero-order valence-corrected chi connectivity index (χ0v) is 16.7. The third-order valence-electron chi connectivity index (χ3n) is 4.14. The zero-order chi connectivity index (χ0) is 19.0. The lowest BCUT2D eigenvalue weighted by atomic mass is 10.3. The minimum atomic E-state index is -3.91. The summed E-state index contributed by atoms with van der Waals surface area (Å²) in [7, 11) is -2.38. The van der Waals surface area contributed by atoms with Crippen molar-refractivity contribution in [3.05, 3.63) is 70.9 Å². The number of methoxy groups -OCH3 is 1. The van der Waals surface area contributed by atoms with E-state index in [0.717, 1.165) is 0 Å². The second-order valence-corrected chi connectivity index (χ2v) is 9.61. The van der Waals surface area contributed by atoms with Crippen molar-refractivity contribution in [1.82, 2.24) is 0 Å². The third-order valence-corrected chi connectivity index (χ3v) is 8.38. The van der Waals surface area contributed by atoms with Gasteiger partial charge < -0.3 is 4.74 Å². The summed E-state index contributed by atoms with van der Waals surface area (Å²) in [6.45, 7) is 0. The predicted octanol–water partition coefficient (Wildman–Crippen LogP) is 4.27. The fraction of sp³-hybridized carbons (Fsp3) is 0.105. The number of fused-ring (bicyclic) bond motifs is 1. The number of benzene rings is 2. The molecule has 0 bridgehead atoms. The summed E-state index contributed by atoms with van der Waals surface area (Å²) < 4.78 is 33.3. The second kappa shape index (κ2) is 7.03. The molecule has 8 heteroatoms. The highest BCUT2D eigenvalue weighted by atomic mass is 32.2. The molecule has 4 rings (SSSR count). The lowest BCUT2D eigenvalue weighted by Gasteiger charge is -2.35. The van der Waals surface area contributed by atoms with Crippen LogP contribution in [0.25, 0.3) is 0 Å².